The minimum Gasteiger partial charge on any atom is -0.303 e. The molecule has 1 aliphatic carbocycles. The molecule has 2 atom stereocenters. The van der Waals surface area contributed by atoms with Crippen LogP contribution in [0.4, 0.5) is 4.79 Å². The van der Waals surface area contributed by atoms with E-state index in [1.54, 1.807) is 0 Å². The molecular weight excluding hydrogens is 428 g/mol. The molecule has 4 nitrogen and oxygen atoms in total. The summed E-state index contributed by atoms with van der Waals surface area (Å²) in [5.41, 5.74) is 3.48. The molecule has 1 saturated heterocycles. The molecule has 2 aromatic rings. The standard InChI is InChI=1S/C25H28N2O2S.ClH/c1-17(19-10-4-2-5-11-19)26-23(20-12-6-3-7-13-20)21-14-8-9-18(15-21)16-22-24(28)27-25(29)30-22;/h2,4-5,8-11,14-17,20,23,26H,3,6-7,12-13H2,1H3,(H,27,28,29);1H/t17-,23?;/m1./s1. The third-order valence-electron chi connectivity index (χ3n) is 6.06. The summed E-state index contributed by atoms with van der Waals surface area (Å²) < 4.78 is 0. The second-order valence-corrected chi connectivity index (χ2v) is 9.21. The van der Waals surface area contributed by atoms with Gasteiger partial charge in [0.15, 0.2) is 0 Å². The van der Waals surface area contributed by atoms with Crippen LogP contribution in [0.15, 0.2) is 59.5 Å². The van der Waals surface area contributed by atoms with Crippen molar-refractivity contribution in [2.45, 2.75) is 51.1 Å². The largest absolute Gasteiger partial charge is 0.303 e. The highest BCUT2D eigenvalue weighted by Gasteiger charge is 2.28. The Kier molecular flexibility index (Phi) is 8.35. The van der Waals surface area contributed by atoms with E-state index in [-0.39, 0.29) is 35.6 Å². The van der Waals surface area contributed by atoms with Crippen molar-refractivity contribution in [2.24, 2.45) is 5.92 Å². The average Bonchev–Trinajstić information content (AvgIpc) is 3.09. The summed E-state index contributed by atoms with van der Waals surface area (Å²) in [6, 6.07) is 19.4. The highest BCUT2D eigenvalue weighted by atomic mass is 35.5. The predicted molar refractivity (Wildman–Crippen MR) is 130 cm³/mol. The van der Waals surface area contributed by atoms with E-state index in [4.69, 9.17) is 0 Å². The smallest absolute Gasteiger partial charge is 0.290 e. The van der Waals surface area contributed by atoms with Crippen LogP contribution in [-0.2, 0) is 4.79 Å². The number of rotatable bonds is 6. The summed E-state index contributed by atoms with van der Waals surface area (Å²) in [7, 11) is 0. The number of carbonyl (C=O) groups is 2. The van der Waals surface area contributed by atoms with Crippen molar-refractivity contribution in [2.75, 3.05) is 0 Å². The molecular formula is C25H29ClN2O2S. The molecule has 164 valence electrons. The number of carbonyl (C=O) groups excluding carboxylic acids is 2. The van der Waals surface area contributed by atoms with Gasteiger partial charge < -0.3 is 5.32 Å². The molecule has 31 heavy (non-hydrogen) atoms. The fraction of sp³-hybridized carbons (Fsp3) is 0.360. The van der Waals surface area contributed by atoms with Crippen molar-refractivity contribution in [1.29, 1.82) is 0 Å². The fourth-order valence-corrected chi connectivity index (χ4v) is 5.18. The summed E-state index contributed by atoms with van der Waals surface area (Å²) in [6.07, 6.45) is 8.17. The molecule has 2 aliphatic rings. The molecule has 1 saturated carbocycles. The van der Waals surface area contributed by atoms with E-state index in [2.05, 4.69) is 54.0 Å². The highest BCUT2D eigenvalue weighted by Crippen LogP contribution is 2.37. The van der Waals surface area contributed by atoms with Crippen molar-refractivity contribution in [3.8, 4) is 0 Å². The number of amides is 2. The Morgan fingerprint density at radius 2 is 1.71 bits per heavy atom. The summed E-state index contributed by atoms with van der Waals surface area (Å²) in [5.74, 6) is 0.286. The van der Waals surface area contributed by atoms with Crippen LogP contribution in [0.2, 0.25) is 0 Å². The number of thioether (sulfide) groups is 1. The lowest BCUT2D eigenvalue weighted by atomic mass is 9.80. The Bertz CT molecular complexity index is 942. The third kappa shape index (κ3) is 6.00. The van der Waals surface area contributed by atoms with Crippen LogP contribution < -0.4 is 10.6 Å². The molecule has 0 bridgehead atoms. The van der Waals surface area contributed by atoms with Gasteiger partial charge in [-0.1, -0.05) is 73.9 Å². The maximum absolute atomic E-state index is 11.9. The van der Waals surface area contributed by atoms with Gasteiger partial charge in [0.2, 0.25) is 0 Å². The quantitative estimate of drug-likeness (QED) is 0.493. The van der Waals surface area contributed by atoms with E-state index in [1.165, 1.54) is 43.2 Å². The minimum absolute atomic E-state index is 0. The molecule has 2 N–H and O–H groups in total. The summed E-state index contributed by atoms with van der Waals surface area (Å²) in [4.78, 5) is 23.9. The summed E-state index contributed by atoms with van der Waals surface area (Å²) >= 11 is 0.965. The number of imide groups is 1. The lowest BCUT2D eigenvalue weighted by molar-refractivity contribution is -0.115. The van der Waals surface area contributed by atoms with E-state index < -0.39 is 0 Å². The first-order valence-electron chi connectivity index (χ1n) is 10.8. The number of nitrogens with one attached hydrogen (secondary N) is 2. The van der Waals surface area contributed by atoms with E-state index in [1.807, 2.05) is 24.3 Å². The SMILES string of the molecule is C[C@@H](NC(c1cccc(C=C2SC(=O)NC2=O)c1)C1CCCCC1)c1ccccc1.Cl. The number of hydrogen-bond acceptors (Lipinski definition) is 4. The predicted octanol–water partition coefficient (Wildman–Crippen LogP) is 6.40. The Labute approximate surface area is 194 Å². The second kappa shape index (κ2) is 11.0. The van der Waals surface area contributed by atoms with Crippen molar-refractivity contribution in [3.63, 3.8) is 0 Å². The van der Waals surface area contributed by atoms with Crippen molar-refractivity contribution < 1.29 is 9.59 Å². The van der Waals surface area contributed by atoms with Gasteiger partial charge in [0.05, 0.1) is 4.91 Å². The van der Waals surface area contributed by atoms with Gasteiger partial charge in [-0.15, -0.1) is 12.4 Å². The van der Waals surface area contributed by atoms with Gasteiger partial charge in [0, 0.05) is 12.1 Å². The first-order valence-corrected chi connectivity index (χ1v) is 11.6. The molecule has 2 aromatic carbocycles. The van der Waals surface area contributed by atoms with Crippen LogP contribution in [0.3, 0.4) is 0 Å². The van der Waals surface area contributed by atoms with Crippen LogP contribution in [-0.4, -0.2) is 11.1 Å². The summed E-state index contributed by atoms with van der Waals surface area (Å²) in [6.45, 7) is 2.22. The second-order valence-electron chi connectivity index (χ2n) is 8.20. The van der Waals surface area contributed by atoms with Crippen LogP contribution in [0.5, 0.6) is 0 Å². The van der Waals surface area contributed by atoms with Gasteiger partial charge >= 0.3 is 0 Å². The maximum atomic E-state index is 11.9. The molecule has 1 aliphatic heterocycles. The molecule has 1 heterocycles. The zero-order valence-electron chi connectivity index (χ0n) is 17.7. The van der Waals surface area contributed by atoms with Crippen molar-refractivity contribution in [3.05, 3.63) is 76.2 Å². The zero-order valence-corrected chi connectivity index (χ0v) is 19.3. The lowest BCUT2D eigenvalue weighted by Crippen LogP contribution is -2.31. The number of benzene rings is 2. The van der Waals surface area contributed by atoms with Crippen LogP contribution in [0.25, 0.3) is 6.08 Å². The average molecular weight is 457 g/mol. The van der Waals surface area contributed by atoms with E-state index in [9.17, 15) is 9.59 Å². The number of halogens is 1. The third-order valence-corrected chi connectivity index (χ3v) is 6.87. The molecule has 1 unspecified atom stereocenters. The first kappa shape index (κ1) is 23.6. The van der Waals surface area contributed by atoms with Gasteiger partial charge in [-0.05, 0) is 60.2 Å². The van der Waals surface area contributed by atoms with Crippen molar-refractivity contribution in [1.82, 2.24) is 10.6 Å². The Morgan fingerprint density at radius 3 is 2.39 bits per heavy atom. The molecule has 0 radical (unpaired) electrons. The molecule has 0 spiro atoms. The van der Waals surface area contributed by atoms with Crippen LogP contribution in [0, 0.1) is 5.92 Å². The Morgan fingerprint density at radius 1 is 1.00 bits per heavy atom. The molecule has 4 rings (SSSR count). The van der Waals surface area contributed by atoms with Crippen molar-refractivity contribution >= 4 is 41.4 Å². The molecule has 2 amide bonds. The fourth-order valence-electron chi connectivity index (χ4n) is 4.49. The van der Waals surface area contributed by atoms with Gasteiger partial charge in [-0.2, -0.15) is 0 Å². The maximum Gasteiger partial charge on any atom is 0.290 e. The molecule has 2 fully saturated rings. The molecule has 6 heteroatoms. The minimum atomic E-state index is -0.310. The van der Waals surface area contributed by atoms with Gasteiger partial charge in [-0.3, -0.25) is 14.9 Å². The Hall–Kier alpha value is -2.08. The normalized spacial score (nSPS) is 20.2. The van der Waals surface area contributed by atoms with Crippen LogP contribution >= 0.6 is 24.2 Å². The number of hydrogen-bond donors (Lipinski definition) is 2. The monoisotopic (exact) mass is 456 g/mol. The van der Waals surface area contributed by atoms with Crippen LogP contribution in [0.1, 0.15) is 67.8 Å². The summed E-state index contributed by atoms with van der Waals surface area (Å²) in [5, 5.41) is 5.92. The van der Waals surface area contributed by atoms with E-state index in [0.29, 0.717) is 10.8 Å². The topological polar surface area (TPSA) is 58.2 Å². The van der Waals surface area contributed by atoms with Gasteiger partial charge in [0.1, 0.15) is 0 Å². The van der Waals surface area contributed by atoms with E-state index >= 15 is 0 Å². The Balaban J connectivity index is 0.00000272. The van der Waals surface area contributed by atoms with Gasteiger partial charge in [-0.25, -0.2) is 0 Å². The highest BCUT2D eigenvalue weighted by molar-refractivity contribution is 8.18. The first-order chi connectivity index (χ1) is 14.6. The van der Waals surface area contributed by atoms with E-state index in [0.717, 1.165) is 17.3 Å². The lowest BCUT2D eigenvalue weighted by Gasteiger charge is -2.34. The van der Waals surface area contributed by atoms with Gasteiger partial charge in [0.25, 0.3) is 11.1 Å². The zero-order chi connectivity index (χ0) is 20.9. The molecule has 0 aromatic heterocycles.